The van der Waals surface area contributed by atoms with Gasteiger partial charge in [-0.05, 0) is 31.1 Å². The van der Waals surface area contributed by atoms with E-state index in [1.165, 1.54) is 58.0 Å². The summed E-state index contributed by atoms with van der Waals surface area (Å²) in [6.45, 7) is 3.57. The van der Waals surface area contributed by atoms with Gasteiger partial charge in [0.1, 0.15) is 0 Å². The molecule has 0 radical (unpaired) electrons. The minimum Gasteiger partial charge on any atom is -0.376 e. The molecule has 102 valence electrons. The number of rotatable bonds is 1. The molecule has 4 unspecified atom stereocenters. The predicted molar refractivity (Wildman–Crippen MR) is 71.3 cm³/mol. The van der Waals surface area contributed by atoms with Gasteiger partial charge in [0.2, 0.25) is 0 Å². The minimum absolute atomic E-state index is 0.385. The molecule has 2 aliphatic carbocycles. The van der Waals surface area contributed by atoms with Crippen LogP contribution in [0, 0.1) is 11.3 Å². The molecule has 2 saturated heterocycles. The van der Waals surface area contributed by atoms with Crippen molar-refractivity contribution in [3.05, 3.63) is 0 Å². The van der Waals surface area contributed by atoms with Gasteiger partial charge in [0.25, 0.3) is 0 Å². The van der Waals surface area contributed by atoms with Crippen LogP contribution in [-0.4, -0.2) is 42.8 Å². The molecule has 4 fully saturated rings. The Balaban J connectivity index is 1.38. The van der Waals surface area contributed by atoms with Crippen LogP contribution in [0.1, 0.15) is 44.9 Å². The molecule has 18 heavy (non-hydrogen) atoms. The largest absolute Gasteiger partial charge is 0.376 e. The van der Waals surface area contributed by atoms with Crippen LogP contribution in [0.3, 0.4) is 0 Å². The zero-order chi connectivity index (χ0) is 12.2. The third-order valence-corrected chi connectivity index (χ3v) is 6.05. The van der Waals surface area contributed by atoms with Crippen molar-refractivity contribution >= 4 is 0 Å². The van der Waals surface area contributed by atoms with E-state index in [9.17, 15) is 0 Å². The summed E-state index contributed by atoms with van der Waals surface area (Å²) in [5.41, 5.74) is 7.06. The lowest BCUT2D eigenvalue weighted by Crippen LogP contribution is -2.77. The fourth-order valence-electron chi connectivity index (χ4n) is 5.01. The lowest BCUT2D eigenvalue weighted by atomic mass is 9.62. The topological polar surface area (TPSA) is 38.5 Å². The van der Waals surface area contributed by atoms with Crippen LogP contribution in [0.5, 0.6) is 0 Å². The molecule has 0 aromatic rings. The molecule has 2 aliphatic heterocycles. The van der Waals surface area contributed by atoms with Crippen molar-refractivity contribution in [1.82, 2.24) is 4.90 Å². The van der Waals surface area contributed by atoms with Crippen LogP contribution in [0.4, 0.5) is 0 Å². The molecular weight excluding hydrogens is 224 g/mol. The van der Waals surface area contributed by atoms with Gasteiger partial charge in [-0.25, -0.2) is 0 Å². The second kappa shape index (κ2) is 4.19. The second-order valence-electron chi connectivity index (χ2n) is 7.18. The van der Waals surface area contributed by atoms with Gasteiger partial charge < -0.3 is 10.5 Å². The molecule has 0 aromatic carbocycles. The number of likely N-dealkylation sites (tertiary alicyclic amines) is 1. The van der Waals surface area contributed by atoms with E-state index in [-0.39, 0.29) is 0 Å². The van der Waals surface area contributed by atoms with Gasteiger partial charge in [0, 0.05) is 31.7 Å². The van der Waals surface area contributed by atoms with E-state index < -0.39 is 0 Å². The van der Waals surface area contributed by atoms with Crippen molar-refractivity contribution in [2.24, 2.45) is 17.1 Å². The highest BCUT2D eigenvalue weighted by Gasteiger charge is 2.57. The summed E-state index contributed by atoms with van der Waals surface area (Å²) in [5.74, 6) is 0.659. The van der Waals surface area contributed by atoms with Crippen LogP contribution in [0.15, 0.2) is 0 Å². The van der Waals surface area contributed by atoms with Crippen LogP contribution in [0.25, 0.3) is 0 Å². The fraction of sp³-hybridized carbons (Fsp3) is 1.00. The first-order chi connectivity index (χ1) is 8.79. The monoisotopic (exact) mass is 250 g/mol. The summed E-state index contributed by atoms with van der Waals surface area (Å²) in [6.07, 6.45) is 10.3. The number of nitrogens with two attached hydrogens (primary N) is 1. The van der Waals surface area contributed by atoms with Gasteiger partial charge in [-0.1, -0.05) is 19.3 Å². The predicted octanol–water partition coefficient (Wildman–Crippen LogP) is 1.76. The van der Waals surface area contributed by atoms with Gasteiger partial charge in [-0.2, -0.15) is 0 Å². The van der Waals surface area contributed by atoms with Gasteiger partial charge in [-0.15, -0.1) is 0 Å². The van der Waals surface area contributed by atoms with E-state index in [4.69, 9.17) is 10.5 Å². The Morgan fingerprint density at radius 3 is 2.61 bits per heavy atom. The highest BCUT2D eigenvalue weighted by Crippen LogP contribution is 2.49. The zero-order valence-electron chi connectivity index (χ0n) is 11.3. The van der Waals surface area contributed by atoms with Crippen LogP contribution in [-0.2, 0) is 4.74 Å². The van der Waals surface area contributed by atoms with Crippen LogP contribution < -0.4 is 5.73 Å². The maximum Gasteiger partial charge on any atom is 0.0788 e. The lowest BCUT2D eigenvalue weighted by molar-refractivity contribution is -0.192. The molecule has 2 saturated carbocycles. The third-order valence-electron chi connectivity index (χ3n) is 6.05. The molecule has 3 nitrogen and oxygen atoms in total. The second-order valence-corrected chi connectivity index (χ2v) is 7.18. The van der Waals surface area contributed by atoms with E-state index >= 15 is 0 Å². The molecule has 0 amide bonds. The Kier molecular flexibility index (Phi) is 2.72. The molecule has 2 heterocycles. The van der Waals surface area contributed by atoms with E-state index in [1.807, 2.05) is 0 Å². The molecule has 0 bridgehead atoms. The minimum atomic E-state index is 0.385. The number of hydrogen-bond acceptors (Lipinski definition) is 3. The fourth-order valence-corrected chi connectivity index (χ4v) is 5.01. The molecule has 0 aromatic heterocycles. The first kappa shape index (κ1) is 11.7. The smallest absolute Gasteiger partial charge is 0.0788 e. The maximum atomic E-state index is 6.38. The first-order valence-corrected chi connectivity index (χ1v) is 7.90. The number of hydrogen-bond donors (Lipinski definition) is 1. The average Bonchev–Trinajstić information content (AvgIpc) is 2.38. The van der Waals surface area contributed by atoms with Crippen LogP contribution >= 0.6 is 0 Å². The Bertz CT molecular complexity index is 318. The van der Waals surface area contributed by atoms with Gasteiger partial charge in [0.05, 0.1) is 12.1 Å². The highest BCUT2D eigenvalue weighted by molar-refractivity contribution is 5.12. The van der Waals surface area contributed by atoms with E-state index in [0.29, 0.717) is 29.5 Å². The van der Waals surface area contributed by atoms with Crippen molar-refractivity contribution in [2.75, 3.05) is 19.7 Å². The number of ether oxygens (including phenoxy) is 1. The Morgan fingerprint density at radius 2 is 1.83 bits per heavy atom. The highest BCUT2D eigenvalue weighted by atomic mass is 16.5. The lowest BCUT2D eigenvalue weighted by Gasteiger charge is -2.63. The van der Waals surface area contributed by atoms with Gasteiger partial charge >= 0.3 is 0 Å². The number of nitrogens with zero attached hydrogens (tertiary/aromatic N) is 1. The van der Waals surface area contributed by atoms with Crippen molar-refractivity contribution in [3.8, 4) is 0 Å². The molecule has 1 spiro atoms. The van der Waals surface area contributed by atoms with Gasteiger partial charge in [0.15, 0.2) is 0 Å². The van der Waals surface area contributed by atoms with E-state index in [0.717, 1.165) is 6.61 Å². The summed E-state index contributed by atoms with van der Waals surface area (Å²) in [6, 6.07) is 0.930. The quantitative estimate of drug-likeness (QED) is 0.770. The zero-order valence-corrected chi connectivity index (χ0v) is 11.3. The standard InChI is InChI=1S/C15H26N2O/c16-12-11-5-4-8-18-14(11)13(12)17-9-15(10-17)6-2-1-3-7-15/h11-14H,1-10,16H2. The molecular formula is C15H26N2O. The van der Waals surface area contributed by atoms with Crippen molar-refractivity contribution in [2.45, 2.75) is 63.1 Å². The molecule has 4 rings (SSSR count). The van der Waals surface area contributed by atoms with Crippen molar-refractivity contribution < 1.29 is 4.74 Å². The summed E-state index contributed by atoms with van der Waals surface area (Å²) in [5, 5.41) is 0. The van der Waals surface area contributed by atoms with E-state index in [1.54, 1.807) is 0 Å². The molecule has 4 atom stereocenters. The summed E-state index contributed by atoms with van der Waals surface area (Å²) >= 11 is 0. The summed E-state index contributed by atoms with van der Waals surface area (Å²) < 4.78 is 5.97. The summed E-state index contributed by atoms with van der Waals surface area (Å²) in [7, 11) is 0. The molecule has 3 heteroatoms. The normalized spacial score (nSPS) is 47.2. The first-order valence-electron chi connectivity index (χ1n) is 7.90. The third kappa shape index (κ3) is 1.60. The van der Waals surface area contributed by atoms with Gasteiger partial charge in [-0.3, -0.25) is 4.90 Å². The van der Waals surface area contributed by atoms with Crippen molar-refractivity contribution in [3.63, 3.8) is 0 Å². The van der Waals surface area contributed by atoms with Crippen molar-refractivity contribution in [1.29, 1.82) is 0 Å². The Morgan fingerprint density at radius 1 is 1.06 bits per heavy atom. The molecule has 2 N–H and O–H groups in total. The van der Waals surface area contributed by atoms with Crippen LogP contribution in [0.2, 0.25) is 0 Å². The molecule has 4 aliphatic rings. The maximum absolute atomic E-state index is 6.38. The average molecular weight is 250 g/mol. The number of fused-ring (bicyclic) bond motifs is 1. The Hall–Kier alpha value is -0.120. The Labute approximate surface area is 110 Å². The van der Waals surface area contributed by atoms with E-state index in [2.05, 4.69) is 4.90 Å². The summed E-state index contributed by atoms with van der Waals surface area (Å²) in [4.78, 5) is 2.64. The SMILES string of the molecule is NC1C2CCCOC2C1N1CC2(CCCCC2)C1.